The first kappa shape index (κ1) is 20.8. The fourth-order valence-electron chi connectivity index (χ4n) is 3.16. The molecule has 0 aliphatic heterocycles. The summed E-state index contributed by atoms with van der Waals surface area (Å²) in [6.07, 6.45) is -1.28. The zero-order valence-corrected chi connectivity index (χ0v) is 17.3. The van der Waals surface area contributed by atoms with Crippen molar-refractivity contribution in [3.63, 3.8) is 0 Å². The van der Waals surface area contributed by atoms with E-state index in [9.17, 15) is 18.3 Å². The lowest BCUT2D eigenvalue weighted by Crippen LogP contribution is -2.39. The molecular formula is C22H16ClF3N2OS. The molecule has 1 atom stereocenters. The Morgan fingerprint density at radius 2 is 1.83 bits per heavy atom. The van der Waals surface area contributed by atoms with Crippen LogP contribution >= 0.6 is 22.9 Å². The van der Waals surface area contributed by atoms with Gasteiger partial charge in [-0.15, -0.1) is 11.3 Å². The maximum absolute atomic E-state index is 13.3. The lowest BCUT2D eigenvalue weighted by Gasteiger charge is -2.26. The highest BCUT2D eigenvalue weighted by Crippen LogP contribution is 2.40. The molecule has 1 N–H and O–H groups in total. The fraction of sp³-hybridized carbons (Fsp3) is 0.182. The lowest BCUT2D eigenvalue weighted by atomic mass is 9.94. The van der Waals surface area contributed by atoms with E-state index in [1.54, 1.807) is 18.3 Å². The van der Waals surface area contributed by atoms with Crippen LogP contribution in [0, 0.1) is 0 Å². The molecule has 0 bridgehead atoms. The number of aliphatic hydroxyl groups is 1. The number of fused-ring (bicyclic) bond motifs is 1. The van der Waals surface area contributed by atoms with Crippen LogP contribution in [-0.2, 0) is 12.0 Å². The van der Waals surface area contributed by atoms with Gasteiger partial charge in [0.1, 0.15) is 0 Å². The smallest absolute Gasteiger partial charge is 0.376 e. The molecule has 1 aromatic carbocycles. The van der Waals surface area contributed by atoms with Crippen molar-refractivity contribution < 1.29 is 18.3 Å². The number of pyridine rings is 2. The number of thiophene rings is 1. The SMILES string of the molecule is CC(O)(c1ccnc(-c2cccc3cc(Cc4ncccc4Cl)sc23)c1)C(F)(F)F. The van der Waals surface area contributed by atoms with Crippen LogP contribution in [0.15, 0.2) is 60.9 Å². The molecule has 3 heterocycles. The van der Waals surface area contributed by atoms with Crippen molar-refractivity contribution in [3.8, 4) is 11.3 Å². The molecule has 1 unspecified atom stereocenters. The van der Waals surface area contributed by atoms with Gasteiger partial charge in [-0.25, -0.2) is 0 Å². The molecule has 0 radical (unpaired) electrons. The summed E-state index contributed by atoms with van der Waals surface area (Å²) in [6.45, 7) is 0.743. The summed E-state index contributed by atoms with van der Waals surface area (Å²) >= 11 is 7.73. The van der Waals surface area contributed by atoms with Gasteiger partial charge in [0.15, 0.2) is 5.60 Å². The summed E-state index contributed by atoms with van der Waals surface area (Å²) < 4.78 is 40.7. The summed E-state index contributed by atoms with van der Waals surface area (Å²) in [5.74, 6) is 0. The van der Waals surface area contributed by atoms with Gasteiger partial charge >= 0.3 is 6.18 Å². The lowest BCUT2D eigenvalue weighted by molar-refractivity contribution is -0.258. The zero-order valence-electron chi connectivity index (χ0n) is 15.7. The van der Waals surface area contributed by atoms with E-state index in [-0.39, 0.29) is 5.56 Å². The van der Waals surface area contributed by atoms with Gasteiger partial charge in [-0.05, 0) is 48.2 Å². The Morgan fingerprint density at radius 3 is 2.57 bits per heavy atom. The van der Waals surface area contributed by atoms with E-state index < -0.39 is 11.8 Å². The van der Waals surface area contributed by atoms with Crippen LogP contribution in [0.25, 0.3) is 21.3 Å². The van der Waals surface area contributed by atoms with Crippen LogP contribution in [0.3, 0.4) is 0 Å². The van der Waals surface area contributed by atoms with Crippen molar-refractivity contribution >= 4 is 33.0 Å². The summed E-state index contributed by atoms with van der Waals surface area (Å²) in [7, 11) is 0. The quantitative estimate of drug-likeness (QED) is 0.394. The highest BCUT2D eigenvalue weighted by Gasteiger charge is 2.51. The van der Waals surface area contributed by atoms with Gasteiger partial charge in [0, 0.05) is 34.0 Å². The molecule has 0 fully saturated rings. The number of hydrogen-bond donors (Lipinski definition) is 1. The van der Waals surface area contributed by atoms with Crippen molar-refractivity contribution in [1.82, 2.24) is 9.97 Å². The van der Waals surface area contributed by atoms with Crippen molar-refractivity contribution in [2.75, 3.05) is 0 Å². The average Bonchev–Trinajstić information content (AvgIpc) is 3.11. The minimum atomic E-state index is -4.80. The second kappa shape index (κ2) is 7.65. The van der Waals surface area contributed by atoms with E-state index in [1.165, 1.54) is 29.7 Å². The maximum Gasteiger partial charge on any atom is 0.421 e. The van der Waals surface area contributed by atoms with E-state index in [0.717, 1.165) is 27.6 Å². The summed E-state index contributed by atoms with van der Waals surface area (Å²) in [5, 5.41) is 11.6. The molecule has 0 spiro atoms. The second-order valence-corrected chi connectivity index (χ2v) is 8.59. The highest BCUT2D eigenvalue weighted by molar-refractivity contribution is 7.19. The van der Waals surface area contributed by atoms with Gasteiger partial charge in [-0.1, -0.05) is 29.8 Å². The predicted molar refractivity (Wildman–Crippen MR) is 113 cm³/mol. The van der Waals surface area contributed by atoms with E-state index in [1.807, 2.05) is 24.3 Å². The monoisotopic (exact) mass is 448 g/mol. The summed E-state index contributed by atoms with van der Waals surface area (Å²) in [6, 6.07) is 13.6. The van der Waals surface area contributed by atoms with Crippen LogP contribution in [0.5, 0.6) is 0 Å². The Labute approximate surface area is 179 Å². The summed E-state index contributed by atoms with van der Waals surface area (Å²) in [4.78, 5) is 9.60. The third-order valence-corrected chi connectivity index (χ3v) is 6.45. The topological polar surface area (TPSA) is 46.0 Å². The average molecular weight is 449 g/mol. The molecule has 8 heteroatoms. The molecular weight excluding hydrogens is 433 g/mol. The first-order valence-electron chi connectivity index (χ1n) is 9.03. The van der Waals surface area contributed by atoms with Crippen molar-refractivity contribution in [2.45, 2.75) is 25.1 Å². The highest BCUT2D eigenvalue weighted by atomic mass is 35.5. The Bertz CT molecular complexity index is 1220. The number of halogens is 4. The normalized spacial score (nSPS) is 14.1. The fourth-order valence-corrected chi connectivity index (χ4v) is 4.54. The second-order valence-electron chi connectivity index (χ2n) is 7.05. The molecule has 0 saturated carbocycles. The number of aromatic nitrogens is 2. The molecule has 4 rings (SSSR count). The van der Waals surface area contributed by atoms with Crippen LogP contribution < -0.4 is 0 Å². The number of alkyl halides is 3. The Balaban J connectivity index is 1.76. The van der Waals surface area contributed by atoms with E-state index in [0.29, 0.717) is 22.7 Å². The minimum Gasteiger partial charge on any atom is -0.376 e. The molecule has 30 heavy (non-hydrogen) atoms. The third-order valence-electron chi connectivity index (χ3n) is 4.92. The van der Waals surface area contributed by atoms with E-state index in [4.69, 9.17) is 11.6 Å². The molecule has 4 aromatic rings. The van der Waals surface area contributed by atoms with Crippen LogP contribution in [0.2, 0.25) is 5.02 Å². The Morgan fingerprint density at radius 1 is 1.03 bits per heavy atom. The van der Waals surface area contributed by atoms with Crippen LogP contribution in [0.4, 0.5) is 13.2 Å². The first-order valence-corrected chi connectivity index (χ1v) is 10.2. The van der Waals surface area contributed by atoms with Crippen LogP contribution in [-0.4, -0.2) is 21.3 Å². The van der Waals surface area contributed by atoms with Crippen molar-refractivity contribution in [1.29, 1.82) is 0 Å². The molecule has 0 saturated heterocycles. The molecule has 154 valence electrons. The molecule has 0 amide bonds. The molecule has 0 aliphatic rings. The number of benzene rings is 1. The summed E-state index contributed by atoms with van der Waals surface area (Å²) in [5.41, 5.74) is -1.39. The number of rotatable bonds is 4. The van der Waals surface area contributed by atoms with Gasteiger partial charge in [0.25, 0.3) is 0 Å². The van der Waals surface area contributed by atoms with E-state index >= 15 is 0 Å². The Hall–Kier alpha value is -2.48. The minimum absolute atomic E-state index is 0.256. The molecule has 3 aromatic heterocycles. The zero-order chi connectivity index (χ0) is 21.5. The Kier molecular flexibility index (Phi) is 5.30. The van der Waals surface area contributed by atoms with E-state index in [2.05, 4.69) is 9.97 Å². The van der Waals surface area contributed by atoms with Gasteiger partial charge in [0.2, 0.25) is 0 Å². The van der Waals surface area contributed by atoms with Crippen LogP contribution in [0.1, 0.15) is 23.1 Å². The van der Waals surface area contributed by atoms with Gasteiger partial charge in [-0.3, -0.25) is 9.97 Å². The number of nitrogens with zero attached hydrogens (tertiary/aromatic N) is 2. The van der Waals surface area contributed by atoms with Gasteiger partial charge < -0.3 is 5.11 Å². The third kappa shape index (κ3) is 3.80. The molecule has 3 nitrogen and oxygen atoms in total. The predicted octanol–water partition coefficient (Wildman–Crippen LogP) is 6.37. The maximum atomic E-state index is 13.3. The van der Waals surface area contributed by atoms with Gasteiger partial charge in [-0.2, -0.15) is 13.2 Å². The largest absolute Gasteiger partial charge is 0.421 e. The number of hydrogen-bond acceptors (Lipinski definition) is 4. The molecule has 0 aliphatic carbocycles. The van der Waals surface area contributed by atoms with Crippen molar-refractivity contribution in [3.05, 3.63) is 82.1 Å². The first-order chi connectivity index (χ1) is 14.2. The van der Waals surface area contributed by atoms with Crippen molar-refractivity contribution in [2.24, 2.45) is 0 Å². The standard InChI is InChI=1S/C22H16ClF3N2OS/c1-21(29,22(24,25)26)14-7-9-28-18(11-14)16-5-2-4-13-10-15(30-20(13)16)12-19-17(23)6-3-8-27-19/h2-11,29H,12H2,1H3. The van der Waals surface area contributed by atoms with Gasteiger partial charge in [0.05, 0.1) is 16.4 Å².